The molecule has 32 heavy (non-hydrogen) atoms. The standard InChI is InChI=1S/C24H31ClN2O4S/c1-27(2)21-8-7-19-15-22(32-23(19)17-21)16-20(18-26)24(28)31-14-13-30-12-11-29-10-6-4-3-5-9-25/h7-8,15-17H,3-6,9-14H2,1-2H3/b20-16+. The fourth-order valence-corrected chi connectivity index (χ4v) is 4.14. The summed E-state index contributed by atoms with van der Waals surface area (Å²) in [6.07, 6.45) is 5.90. The van der Waals surface area contributed by atoms with Gasteiger partial charge in [-0.15, -0.1) is 22.9 Å². The number of halogens is 1. The van der Waals surface area contributed by atoms with Crippen molar-refractivity contribution in [2.45, 2.75) is 25.7 Å². The van der Waals surface area contributed by atoms with Gasteiger partial charge in [0, 0.05) is 41.8 Å². The monoisotopic (exact) mass is 478 g/mol. The second kappa shape index (κ2) is 14.9. The van der Waals surface area contributed by atoms with Crippen molar-refractivity contribution < 1.29 is 19.0 Å². The zero-order chi connectivity index (χ0) is 23.2. The zero-order valence-electron chi connectivity index (χ0n) is 18.8. The van der Waals surface area contributed by atoms with E-state index in [-0.39, 0.29) is 18.8 Å². The molecular weight excluding hydrogens is 448 g/mol. The van der Waals surface area contributed by atoms with Crippen LogP contribution >= 0.6 is 22.9 Å². The highest BCUT2D eigenvalue weighted by atomic mass is 35.5. The lowest BCUT2D eigenvalue weighted by Crippen LogP contribution is -2.14. The van der Waals surface area contributed by atoms with Crippen LogP contribution in [0.25, 0.3) is 16.2 Å². The number of thiophene rings is 1. The first-order valence-corrected chi connectivity index (χ1v) is 12.1. The Balaban J connectivity index is 1.69. The van der Waals surface area contributed by atoms with Crippen molar-refractivity contribution in [2.75, 3.05) is 57.9 Å². The number of hydrogen-bond donors (Lipinski definition) is 0. The molecule has 6 nitrogen and oxygen atoms in total. The molecule has 1 aromatic carbocycles. The molecule has 2 aromatic rings. The van der Waals surface area contributed by atoms with Crippen molar-refractivity contribution >= 4 is 50.8 Å². The van der Waals surface area contributed by atoms with Gasteiger partial charge in [-0.1, -0.05) is 18.9 Å². The molecule has 2 rings (SSSR count). The van der Waals surface area contributed by atoms with Crippen LogP contribution in [0.4, 0.5) is 5.69 Å². The number of hydrogen-bond acceptors (Lipinski definition) is 7. The number of esters is 1. The minimum atomic E-state index is -0.643. The first-order valence-electron chi connectivity index (χ1n) is 10.8. The summed E-state index contributed by atoms with van der Waals surface area (Å²) in [7, 11) is 3.98. The van der Waals surface area contributed by atoms with Crippen LogP contribution < -0.4 is 4.90 Å². The van der Waals surface area contributed by atoms with E-state index in [1.165, 1.54) is 11.3 Å². The second-order valence-electron chi connectivity index (χ2n) is 7.40. The lowest BCUT2D eigenvalue weighted by molar-refractivity contribution is -0.140. The van der Waals surface area contributed by atoms with Gasteiger partial charge in [0.05, 0.1) is 19.8 Å². The maximum absolute atomic E-state index is 12.2. The minimum Gasteiger partial charge on any atom is -0.459 e. The minimum absolute atomic E-state index is 0.0260. The van der Waals surface area contributed by atoms with Gasteiger partial charge in [-0.3, -0.25) is 0 Å². The number of benzene rings is 1. The van der Waals surface area contributed by atoms with Crippen molar-refractivity contribution in [3.63, 3.8) is 0 Å². The quantitative estimate of drug-likeness (QED) is 0.114. The Kier molecular flexibility index (Phi) is 12.1. The van der Waals surface area contributed by atoms with Crippen LogP contribution in [0.1, 0.15) is 30.6 Å². The summed E-state index contributed by atoms with van der Waals surface area (Å²) in [5, 5.41) is 10.4. The summed E-state index contributed by atoms with van der Waals surface area (Å²) in [6, 6.07) is 10.1. The topological polar surface area (TPSA) is 71.8 Å². The van der Waals surface area contributed by atoms with Crippen molar-refractivity contribution in [1.29, 1.82) is 5.26 Å². The van der Waals surface area contributed by atoms with E-state index < -0.39 is 5.97 Å². The van der Waals surface area contributed by atoms with E-state index in [4.69, 9.17) is 25.8 Å². The Morgan fingerprint density at radius 1 is 1.06 bits per heavy atom. The maximum atomic E-state index is 12.2. The average Bonchev–Trinajstić information content (AvgIpc) is 3.19. The van der Waals surface area contributed by atoms with Gasteiger partial charge in [-0.05, 0) is 42.5 Å². The Morgan fingerprint density at radius 2 is 1.78 bits per heavy atom. The van der Waals surface area contributed by atoms with Crippen molar-refractivity contribution in [3.05, 3.63) is 34.7 Å². The van der Waals surface area contributed by atoms with Crippen LogP contribution in [-0.4, -0.2) is 59.0 Å². The molecule has 0 radical (unpaired) electrons. The Morgan fingerprint density at radius 3 is 2.50 bits per heavy atom. The zero-order valence-corrected chi connectivity index (χ0v) is 20.3. The van der Waals surface area contributed by atoms with Gasteiger partial charge in [0.2, 0.25) is 0 Å². The van der Waals surface area contributed by atoms with Gasteiger partial charge in [-0.25, -0.2) is 4.79 Å². The summed E-state index contributed by atoms with van der Waals surface area (Å²) < 4.78 is 17.2. The number of fused-ring (bicyclic) bond motifs is 1. The lowest BCUT2D eigenvalue weighted by atomic mass is 10.2. The highest BCUT2D eigenvalue weighted by molar-refractivity contribution is 7.19. The first-order chi connectivity index (χ1) is 15.5. The van der Waals surface area contributed by atoms with E-state index in [9.17, 15) is 10.1 Å². The van der Waals surface area contributed by atoms with E-state index in [1.807, 2.05) is 43.3 Å². The summed E-state index contributed by atoms with van der Waals surface area (Å²) in [5.74, 6) is 0.0733. The highest BCUT2D eigenvalue weighted by Gasteiger charge is 2.12. The SMILES string of the molecule is CN(C)c1ccc2cc(/C=C(\C#N)C(=O)OCCOCCOCCCCCCCl)sc2c1. The molecule has 0 bridgehead atoms. The third-order valence-corrected chi connectivity index (χ3v) is 5.98. The molecule has 0 saturated carbocycles. The number of carbonyl (C=O) groups excluding carboxylic acids is 1. The molecule has 0 aliphatic carbocycles. The Hall–Kier alpha value is -2.11. The van der Waals surface area contributed by atoms with Crippen LogP contribution in [0.15, 0.2) is 29.8 Å². The smallest absolute Gasteiger partial charge is 0.349 e. The molecule has 0 atom stereocenters. The molecule has 0 unspecified atom stereocenters. The second-order valence-corrected chi connectivity index (χ2v) is 8.89. The predicted octanol–water partition coefficient (Wildman–Crippen LogP) is 5.25. The molecule has 0 N–H and O–H groups in total. The van der Waals surface area contributed by atoms with E-state index >= 15 is 0 Å². The third kappa shape index (κ3) is 9.17. The van der Waals surface area contributed by atoms with Crippen molar-refractivity contribution in [3.8, 4) is 6.07 Å². The number of ether oxygens (including phenoxy) is 3. The van der Waals surface area contributed by atoms with E-state index in [0.717, 1.165) is 46.3 Å². The number of nitriles is 1. The van der Waals surface area contributed by atoms with Crippen LogP contribution in [0.5, 0.6) is 0 Å². The number of nitrogens with zero attached hydrogens (tertiary/aromatic N) is 2. The van der Waals surface area contributed by atoms with E-state index in [0.29, 0.717) is 25.7 Å². The molecule has 1 aromatic heterocycles. The van der Waals surface area contributed by atoms with Gasteiger partial charge in [0.25, 0.3) is 0 Å². The molecular formula is C24H31ClN2O4S. The van der Waals surface area contributed by atoms with Gasteiger partial charge >= 0.3 is 5.97 Å². The molecule has 0 fully saturated rings. The van der Waals surface area contributed by atoms with Crippen molar-refractivity contribution in [2.24, 2.45) is 0 Å². The summed E-state index contributed by atoms with van der Waals surface area (Å²) in [5.41, 5.74) is 1.07. The molecule has 0 saturated heterocycles. The van der Waals surface area contributed by atoms with Crippen molar-refractivity contribution in [1.82, 2.24) is 0 Å². The fourth-order valence-electron chi connectivity index (χ4n) is 2.91. The van der Waals surface area contributed by atoms with Gasteiger partial charge in [0.1, 0.15) is 18.2 Å². The molecule has 0 aliphatic heterocycles. The van der Waals surface area contributed by atoms with Gasteiger partial charge in [0.15, 0.2) is 0 Å². The largest absolute Gasteiger partial charge is 0.459 e. The van der Waals surface area contributed by atoms with Crippen LogP contribution in [0.2, 0.25) is 0 Å². The van der Waals surface area contributed by atoms with Crippen LogP contribution in [-0.2, 0) is 19.0 Å². The number of carbonyl (C=O) groups is 1. The Bertz CT molecular complexity index is 920. The Labute approximate surface area is 199 Å². The summed E-state index contributed by atoms with van der Waals surface area (Å²) in [6.45, 7) is 2.02. The number of anilines is 1. The molecule has 1 heterocycles. The molecule has 0 amide bonds. The summed E-state index contributed by atoms with van der Waals surface area (Å²) >= 11 is 7.17. The number of rotatable bonds is 15. The third-order valence-electron chi connectivity index (χ3n) is 4.67. The molecule has 0 spiro atoms. The van der Waals surface area contributed by atoms with Gasteiger partial charge in [-0.2, -0.15) is 5.26 Å². The fraction of sp³-hybridized carbons (Fsp3) is 0.500. The normalized spacial score (nSPS) is 11.5. The molecule has 174 valence electrons. The molecule has 0 aliphatic rings. The summed E-state index contributed by atoms with van der Waals surface area (Å²) in [4.78, 5) is 15.1. The van der Waals surface area contributed by atoms with Crippen LogP contribution in [0.3, 0.4) is 0 Å². The molecule has 8 heteroatoms. The average molecular weight is 479 g/mol. The van der Waals surface area contributed by atoms with Crippen LogP contribution in [0, 0.1) is 11.3 Å². The first kappa shape index (κ1) is 26.1. The van der Waals surface area contributed by atoms with E-state index in [1.54, 1.807) is 6.08 Å². The predicted molar refractivity (Wildman–Crippen MR) is 132 cm³/mol. The number of unbranched alkanes of at least 4 members (excludes halogenated alkanes) is 3. The van der Waals surface area contributed by atoms with E-state index in [2.05, 4.69) is 6.07 Å². The number of alkyl halides is 1. The highest BCUT2D eigenvalue weighted by Crippen LogP contribution is 2.30. The van der Waals surface area contributed by atoms with Gasteiger partial charge < -0.3 is 19.1 Å². The maximum Gasteiger partial charge on any atom is 0.349 e. The lowest BCUT2D eigenvalue weighted by Gasteiger charge is -2.11.